The number of benzene rings is 2. The molecule has 0 saturated carbocycles. The van der Waals surface area contributed by atoms with Gasteiger partial charge in [0.15, 0.2) is 6.10 Å². The maximum Gasteiger partial charge on any atom is 0.344 e. The number of anilines is 1. The number of carboxylic acid groups (broad SMARTS) is 1. The van der Waals surface area contributed by atoms with Gasteiger partial charge in [-0.3, -0.25) is 4.79 Å². The molecular formula is C21H20N2O5. The number of rotatable bonds is 8. The molecule has 7 heteroatoms. The van der Waals surface area contributed by atoms with Gasteiger partial charge < -0.3 is 19.9 Å². The molecule has 0 aliphatic heterocycles. The van der Waals surface area contributed by atoms with Crippen molar-refractivity contribution < 1.29 is 24.2 Å². The molecule has 0 bridgehead atoms. The van der Waals surface area contributed by atoms with E-state index < -0.39 is 18.0 Å². The van der Waals surface area contributed by atoms with Crippen LogP contribution in [0.5, 0.6) is 11.5 Å². The van der Waals surface area contributed by atoms with Crippen LogP contribution in [-0.2, 0) is 9.59 Å². The van der Waals surface area contributed by atoms with Crippen molar-refractivity contribution in [1.82, 2.24) is 0 Å². The Kier molecular flexibility index (Phi) is 7.17. The number of ether oxygens (including phenoxy) is 2. The predicted octanol–water partition coefficient (Wildman–Crippen LogP) is 3.48. The second kappa shape index (κ2) is 9.78. The van der Waals surface area contributed by atoms with Crippen molar-refractivity contribution in [2.45, 2.75) is 20.0 Å². The highest BCUT2D eigenvalue weighted by molar-refractivity contribution is 6.09. The molecule has 0 aliphatic rings. The molecule has 0 fully saturated rings. The predicted molar refractivity (Wildman–Crippen MR) is 104 cm³/mol. The highest BCUT2D eigenvalue weighted by Gasteiger charge is 2.13. The summed E-state index contributed by atoms with van der Waals surface area (Å²) >= 11 is 0. The number of nitrogens with one attached hydrogen (secondary N) is 1. The van der Waals surface area contributed by atoms with Crippen LogP contribution in [0, 0.1) is 11.3 Å². The number of carboxylic acids is 1. The molecule has 7 nitrogen and oxygen atoms in total. The van der Waals surface area contributed by atoms with Crippen LogP contribution in [0.15, 0.2) is 54.1 Å². The average Bonchev–Trinajstić information content (AvgIpc) is 2.67. The van der Waals surface area contributed by atoms with E-state index in [9.17, 15) is 14.9 Å². The van der Waals surface area contributed by atoms with Gasteiger partial charge in [0.25, 0.3) is 5.91 Å². The van der Waals surface area contributed by atoms with Gasteiger partial charge in [-0.2, -0.15) is 5.26 Å². The molecule has 0 radical (unpaired) electrons. The van der Waals surface area contributed by atoms with E-state index in [1.54, 1.807) is 48.5 Å². The van der Waals surface area contributed by atoms with Crippen LogP contribution in [0.2, 0.25) is 0 Å². The van der Waals surface area contributed by atoms with Crippen LogP contribution in [-0.4, -0.2) is 29.7 Å². The summed E-state index contributed by atoms with van der Waals surface area (Å²) in [7, 11) is 0. The Bertz CT molecular complexity index is 913. The lowest BCUT2D eigenvalue weighted by Gasteiger charge is -2.10. The smallest absolute Gasteiger partial charge is 0.344 e. The number of nitrogens with zero attached hydrogens (tertiary/aromatic N) is 1. The first kappa shape index (κ1) is 20.5. The van der Waals surface area contributed by atoms with E-state index in [0.717, 1.165) is 0 Å². The Labute approximate surface area is 162 Å². The van der Waals surface area contributed by atoms with Crippen LogP contribution >= 0.6 is 0 Å². The second-order valence-electron chi connectivity index (χ2n) is 5.75. The van der Waals surface area contributed by atoms with Crippen LogP contribution < -0.4 is 14.8 Å². The number of nitriles is 1. The Morgan fingerprint density at radius 3 is 2.54 bits per heavy atom. The van der Waals surface area contributed by atoms with Crippen molar-refractivity contribution in [1.29, 1.82) is 5.26 Å². The first-order valence-electron chi connectivity index (χ1n) is 8.58. The molecular weight excluding hydrogens is 360 g/mol. The third-order valence-corrected chi connectivity index (χ3v) is 3.62. The van der Waals surface area contributed by atoms with Crippen LogP contribution in [0.25, 0.3) is 6.08 Å². The molecule has 1 atom stereocenters. The largest absolute Gasteiger partial charge is 0.494 e. The van der Waals surface area contributed by atoms with E-state index in [1.165, 1.54) is 13.0 Å². The minimum atomic E-state index is -1.07. The van der Waals surface area contributed by atoms with Crippen molar-refractivity contribution >= 4 is 23.6 Å². The monoisotopic (exact) mass is 380 g/mol. The quantitative estimate of drug-likeness (QED) is 0.536. The summed E-state index contributed by atoms with van der Waals surface area (Å²) in [5.74, 6) is -0.617. The molecule has 0 saturated heterocycles. The summed E-state index contributed by atoms with van der Waals surface area (Å²) in [5, 5.41) is 20.8. The highest BCUT2D eigenvalue weighted by atomic mass is 16.5. The first-order valence-corrected chi connectivity index (χ1v) is 8.58. The van der Waals surface area contributed by atoms with Crippen molar-refractivity contribution in [3.63, 3.8) is 0 Å². The molecule has 0 heterocycles. The number of carbonyl (C=O) groups is 2. The molecule has 144 valence electrons. The number of hydrogen-bond acceptors (Lipinski definition) is 5. The average molecular weight is 380 g/mol. The molecule has 0 aliphatic carbocycles. The zero-order valence-corrected chi connectivity index (χ0v) is 15.5. The van der Waals surface area contributed by atoms with E-state index in [2.05, 4.69) is 5.32 Å². The van der Waals surface area contributed by atoms with Crippen molar-refractivity contribution in [3.8, 4) is 17.6 Å². The molecule has 2 rings (SSSR count). The third-order valence-electron chi connectivity index (χ3n) is 3.62. The normalized spacial score (nSPS) is 11.8. The van der Waals surface area contributed by atoms with Crippen LogP contribution in [0.3, 0.4) is 0 Å². The summed E-state index contributed by atoms with van der Waals surface area (Å²) in [5.41, 5.74) is 1.04. The summed E-state index contributed by atoms with van der Waals surface area (Å²) < 4.78 is 10.6. The molecule has 1 amide bonds. The maximum atomic E-state index is 12.4. The van der Waals surface area contributed by atoms with E-state index >= 15 is 0 Å². The molecule has 0 spiro atoms. The highest BCUT2D eigenvalue weighted by Crippen LogP contribution is 2.19. The molecule has 2 N–H and O–H groups in total. The fourth-order valence-corrected chi connectivity index (χ4v) is 2.24. The van der Waals surface area contributed by atoms with Gasteiger partial charge in [0.2, 0.25) is 0 Å². The first-order chi connectivity index (χ1) is 13.4. The number of hydrogen-bond donors (Lipinski definition) is 2. The molecule has 2 aromatic rings. The van der Waals surface area contributed by atoms with Gasteiger partial charge in [0.05, 0.1) is 6.61 Å². The Hall–Kier alpha value is -3.79. The lowest BCUT2D eigenvalue weighted by atomic mass is 10.1. The summed E-state index contributed by atoms with van der Waals surface area (Å²) in [6, 6.07) is 15.2. The summed E-state index contributed by atoms with van der Waals surface area (Å²) in [6.45, 7) is 3.79. The van der Waals surface area contributed by atoms with E-state index in [4.69, 9.17) is 14.6 Å². The van der Waals surface area contributed by atoms with E-state index in [-0.39, 0.29) is 5.57 Å². The second-order valence-corrected chi connectivity index (χ2v) is 5.75. The minimum absolute atomic E-state index is 0.0746. The lowest BCUT2D eigenvalue weighted by Crippen LogP contribution is -2.22. The van der Waals surface area contributed by atoms with Gasteiger partial charge in [0.1, 0.15) is 23.1 Å². The van der Waals surface area contributed by atoms with Gasteiger partial charge >= 0.3 is 5.97 Å². The minimum Gasteiger partial charge on any atom is -0.494 e. The number of aliphatic carboxylic acids is 1. The summed E-state index contributed by atoms with van der Waals surface area (Å²) in [4.78, 5) is 23.2. The zero-order chi connectivity index (χ0) is 20.5. The Morgan fingerprint density at radius 1 is 1.21 bits per heavy atom. The lowest BCUT2D eigenvalue weighted by molar-refractivity contribution is -0.144. The SMILES string of the molecule is CCOc1cccc(NC(=O)/C(C#N)=C\c2ccc(O[C@@H](C)C(=O)O)cc2)c1. The van der Waals surface area contributed by atoms with Gasteiger partial charge in [0, 0.05) is 11.8 Å². The third kappa shape index (κ3) is 5.88. The molecule has 0 aromatic heterocycles. The summed E-state index contributed by atoms with van der Waals surface area (Å²) in [6.07, 6.45) is 0.459. The van der Waals surface area contributed by atoms with Crippen LogP contribution in [0.4, 0.5) is 5.69 Å². The molecule has 2 aromatic carbocycles. The van der Waals surface area contributed by atoms with Gasteiger partial charge in [-0.1, -0.05) is 18.2 Å². The van der Waals surface area contributed by atoms with Crippen LogP contribution in [0.1, 0.15) is 19.4 Å². The van der Waals surface area contributed by atoms with E-state index in [0.29, 0.717) is 29.4 Å². The zero-order valence-electron chi connectivity index (χ0n) is 15.5. The van der Waals surface area contributed by atoms with E-state index in [1.807, 2.05) is 13.0 Å². The fourth-order valence-electron chi connectivity index (χ4n) is 2.24. The van der Waals surface area contributed by atoms with Crippen molar-refractivity contribution in [3.05, 3.63) is 59.7 Å². The standard InChI is InChI=1S/C21H20N2O5/c1-3-27-19-6-4-5-17(12-19)23-20(24)16(13-22)11-15-7-9-18(10-8-15)28-14(2)21(25)26/h4-12,14H,3H2,1-2H3,(H,23,24)(H,25,26)/b16-11-/t14-/m0/s1. The molecule has 0 unspecified atom stereocenters. The maximum absolute atomic E-state index is 12.4. The Morgan fingerprint density at radius 2 is 1.93 bits per heavy atom. The van der Waals surface area contributed by atoms with Gasteiger partial charge in [-0.15, -0.1) is 0 Å². The topological polar surface area (TPSA) is 109 Å². The van der Waals surface area contributed by atoms with Gasteiger partial charge in [-0.25, -0.2) is 4.79 Å². The van der Waals surface area contributed by atoms with Crippen molar-refractivity contribution in [2.75, 3.05) is 11.9 Å². The fraction of sp³-hybridized carbons (Fsp3) is 0.190. The van der Waals surface area contributed by atoms with Gasteiger partial charge in [-0.05, 0) is 49.8 Å². The number of amides is 1. The number of carbonyl (C=O) groups excluding carboxylic acids is 1. The van der Waals surface area contributed by atoms with Crippen molar-refractivity contribution in [2.24, 2.45) is 0 Å². The Balaban J connectivity index is 2.10. The molecule has 28 heavy (non-hydrogen) atoms.